The summed E-state index contributed by atoms with van der Waals surface area (Å²) in [6.07, 6.45) is 0.715. The van der Waals surface area contributed by atoms with Gasteiger partial charge in [-0.25, -0.2) is 0 Å². The molecule has 0 saturated carbocycles. The van der Waals surface area contributed by atoms with Crippen LogP contribution in [0.2, 0.25) is 0 Å². The number of benzene rings is 3. The number of fused-ring (bicyclic) bond motifs is 1. The van der Waals surface area contributed by atoms with Crippen molar-refractivity contribution in [1.82, 2.24) is 5.32 Å². The predicted octanol–water partition coefficient (Wildman–Crippen LogP) is 6.65. The lowest BCUT2D eigenvalue weighted by Gasteiger charge is -2.01. The predicted molar refractivity (Wildman–Crippen MR) is 142 cm³/mol. The van der Waals surface area contributed by atoms with Crippen molar-refractivity contribution in [1.29, 1.82) is 0 Å². The van der Waals surface area contributed by atoms with Gasteiger partial charge in [-0.15, -0.1) is 0 Å². The summed E-state index contributed by atoms with van der Waals surface area (Å²) < 4.78 is 25.9. The topological polar surface area (TPSA) is 111 Å². The van der Waals surface area contributed by atoms with Crippen molar-refractivity contribution >= 4 is 26.6 Å². The van der Waals surface area contributed by atoms with Gasteiger partial charge in [-0.3, -0.25) is 4.55 Å². The van der Waals surface area contributed by atoms with Gasteiger partial charge in [0.25, 0.3) is 10.1 Å². The fourth-order valence-electron chi connectivity index (χ4n) is 2.05. The molecule has 8 heteroatoms. The van der Waals surface area contributed by atoms with Crippen LogP contribution < -0.4 is 5.32 Å². The van der Waals surface area contributed by atoms with Crippen LogP contribution in [0.25, 0.3) is 10.8 Å². The number of phenolic OH excluding ortho intramolecular Hbond substituents is 1. The summed E-state index contributed by atoms with van der Waals surface area (Å²) in [5.41, 5.74) is 1.99. The number of nitrogens with zero attached hydrogens (tertiary/aromatic N) is 2. The molecule has 3 N–H and O–H groups in total. The number of hydrogen-bond acceptors (Lipinski definition) is 6. The highest BCUT2D eigenvalue weighted by atomic mass is 32.2. The summed E-state index contributed by atoms with van der Waals surface area (Å²) >= 11 is 0. The highest BCUT2D eigenvalue weighted by Gasteiger charge is 1.98. The minimum absolute atomic E-state index is 0.366. The first kappa shape index (κ1) is 34.8. The molecule has 33 heavy (non-hydrogen) atoms. The molecule has 3 aromatic carbocycles. The third-order valence-corrected chi connectivity index (χ3v) is 2.96. The zero-order valence-electron chi connectivity index (χ0n) is 21.4. The van der Waals surface area contributed by atoms with Crippen LogP contribution >= 0.6 is 0 Å². The normalized spacial score (nSPS) is 9.27. The van der Waals surface area contributed by atoms with Crippen molar-refractivity contribution < 1.29 is 18.1 Å². The van der Waals surface area contributed by atoms with Crippen LogP contribution in [0.3, 0.4) is 0 Å². The van der Waals surface area contributed by atoms with Crippen molar-refractivity contribution in [2.75, 3.05) is 27.4 Å². The maximum absolute atomic E-state index is 9.55. The Morgan fingerprint density at radius 2 is 1.27 bits per heavy atom. The van der Waals surface area contributed by atoms with Gasteiger partial charge >= 0.3 is 0 Å². The summed E-state index contributed by atoms with van der Waals surface area (Å²) in [7, 11) is 1.74. The van der Waals surface area contributed by atoms with E-state index < -0.39 is 10.1 Å². The van der Waals surface area contributed by atoms with E-state index in [-0.39, 0.29) is 0 Å². The lowest BCUT2D eigenvalue weighted by Crippen LogP contribution is -1.89. The Morgan fingerprint density at radius 1 is 0.848 bits per heavy atom. The Balaban J connectivity index is -0.000000380. The lowest BCUT2D eigenvalue weighted by molar-refractivity contribution is 0.481. The number of azo groups is 1. The molecular formula is C25H41N3O4S. The number of rotatable bonds is 1. The van der Waals surface area contributed by atoms with Crippen molar-refractivity contribution in [2.45, 2.75) is 34.6 Å². The van der Waals surface area contributed by atoms with Crippen molar-refractivity contribution in [3.8, 4) is 5.75 Å². The molecule has 0 fully saturated rings. The highest BCUT2D eigenvalue weighted by Crippen LogP contribution is 2.25. The molecule has 0 bridgehead atoms. The molecule has 7 nitrogen and oxygen atoms in total. The molecule has 0 amide bonds. The summed E-state index contributed by atoms with van der Waals surface area (Å²) in [5.74, 6) is 0.366. The second-order valence-electron chi connectivity index (χ2n) is 5.87. The minimum Gasteiger partial charge on any atom is -0.507 e. The fourth-order valence-corrected chi connectivity index (χ4v) is 2.05. The van der Waals surface area contributed by atoms with E-state index in [0.717, 1.165) is 22.0 Å². The molecule has 0 unspecified atom stereocenters. The van der Waals surface area contributed by atoms with Crippen LogP contribution in [0.5, 0.6) is 5.75 Å². The Labute approximate surface area is 200 Å². The molecule has 0 spiro atoms. The molecule has 0 aliphatic carbocycles. The molecule has 3 rings (SSSR count). The van der Waals surface area contributed by atoms with E-state index >= 15 is 0 Å². The monoisotopic (exact) mass is 479 g/mol. The Hall–Kier alpha value is -2.81. The second-order valence-corrected chi connectivity index (χ2v) is 7.34. The van der Waals surface area contributed by atoms with E-state index in [1.807, 2.05) is 103 Å². The van der Waals surface area contributed by atoms with Gasteiger partial charge in [0.05, 0.1) is 11.9 Å². The number of aryl methyl sites for hydroxylation is 1. The molecular weight excluding hydrogens is 438 g/mol. The first-order chi connectivity index (χ1) is 15.6. The van der Waals surface area contributed by atoms with Gasteiger partial charge < -0.3 is 10.4 Å². The van der Waals surface area contributed by atoms with Crippen molar-refractivity contribution in [3.63, 3.8) is 0 Å². The smallest absolute Gasteiger partial charge is 0.261 e. The minimum atomic E-state index is -3.67. The van der Waals surface area contributed by atoms with E-state index in [0.29, 0.717) is 12.0 Å². The van der Waals surface area contributed by atoms with Gasteiger partial charge in [0.2, 0.25) is 0 Å². The average Bonchev–Trinajstić information content (AvgIpc) is 2.77. The molecule has 0 saturated heterocycles. The van der Waals surface area contributed by atoms with Crippen molar-refractivity contribution in [3.05, 3.63) is 72.3 Å². The zero-order valence-corrected chi connectivity index (χ0v) is 22.2. The SMILES string of the molecule is CC.CC.CN=Nc1ccccc1.CNC.CS(=O)(=O)O.Cc1cc(O)c2ccccc2c1. The fraction of sp³-hybridized carbons (Fsp3) is 0.360. The summed E-state index contributed by atoms with van der Waals surface area (Å²) in [6.45, 7) is 9.98. The summed E-state index contributed by atoms with van der Waals surface area (Å²) in [6, 6.07) is 21.3. The van der Waals surface area contributed by atoms with Crippen LogP contribution in [-0.4, -0.2) is 45.5 Å². The van der Waals surface area contributed by atoms with Gasteiger partial charge in [-0.05, 0) is 50.2 Å². The van der Waals surface area contributed by atoms with Gasteiger partial charge in [0, 0.05) is 12.4 Å². The number of phenols is 1. The highest BCUT2D eigenvalue weighted by molar-refractivity contribution is 7.85. The molecule has 186 valence electrons. The van der Waals surface area contributed by atoms with Crippen LogP contribution in [0.1, 0.15) is 33.3 Å². The quantitative estimate of drug-likeness (QED) is 0.267. The molecule has 3 aromatic rings. The van der Waals surface area contributed by atoms with Gasteiger partial charge in [0.1, 0.15) is 5.75 Å². The van der Waals surface area contributed by atoms with E-state index in [1.54, 1.807) is 13.1 Å². The number of nitrogens with one attached hydrogen (secondary N) is 1. The Morgan fingerprint density at radius 3 is 1.73 bits per heavy atom. The molecule has 0 aliphatic rings. The van der Waals surface area contributed by atoms with E-state index in [9.17, 15) is 13.5 Å². The summed E-state index contributed by atoms with van der Waals surface area (Å²) in [4.78, 5) is 0. The Kier molecular flexibility index (Phi) is 23.6. The van der Waals surface area contributed by atoms with Crippen LogP contribution in [0.4, 0.5) is 5.69 Å². The van der Waals surface area contributed by atoms with E-state index in [4.69, 9.17) is 4.55 Å². The zero-order chi connectivity index (χ0) is 26.3. The van der Waals surface area contributed by atoms with Crippen LogP contribution in [0.15, 0.2) is 77.0 Å². The standard InChI is InChI=1S/C11H10O.C7H8N2.C2H7N.2C2H6.CH4O3S/c1-8-6-9-4-2-3-5-10(9)11(12)7-8;1-8-9-7-5-3-2-4-6-7;1-3-2;2*1-2;1-5(2,3)4/h2-7,12H,1H3;2-6H,1H3;3H,1-2H3;2*1-2H3;1H3,(H,2,3,4). The molecule has 0 heterocycles. The summed E-state index contributed by atoms with van der Waals surface area (Å²) in [5, 5.41) is 21.8. The first-order valence-electron chi connectivity index (χ1n) is 10.7. The second kappa shape index (κ2) is 22.4. The van der Waals surface area contributed by atoms with Crippen LogP contribution in [0, 0.1) is 6.92 Å². The number of hydrogen-bond donors (Lipinski definition) is 3. The molecule has 0 aromatic heterocycles. The van der Waals surface area contributed by atoms with Gasteiger partial charge in [0.15, 0.2) is 0 Å². The molecule has 0 radical (unpaired) electrons. The van der Waals surface area contributed by atoms with Crippen molar-refractivity contribution in [2.24, 2.45) is 10.2 Å². The third kappa shape index (κ3) is 22.2. The third-order valence-electron chi connectivity index (χ3n) is 2.96. The average molecular weight is 480 g/mol. The lowest BCUT2D eigenvalue weighted by atomic mass is 10.1. The maximum Gasteiger partial charge on any atom is 0.261 e. The van der Waals surface area contributed by atoms with Crippen LogP contribution in [-0.2, 0) is 10.1 Å². The molecule has 0 atom stereocenters. The molecule has 0 aliphatic heterocycles. The number of aromatic hydroxyl groups is 1. The van der Waals surface area contributed by atoms with E-state index in [2.05, 4.69) is 21.6 Å². The first-order valence-corrected chi connectivity index (χ1v) is 12.5. The van der Waals surface area contributed by atoms with Gasteiger partial charge in [-0.2, -0.15) is 18.6 Å². The van der Waals surface area contributed by atoms with Gasteiger partial charge in [-0.1, -0.05) is 76.2 Å². The Bertz CT molecular complexity index is 969. The largest absolute Gasteiger partial charge is 0.507 e. The van der Waals surface area contributed by atoms with E-state index in [1.165, 1.54) is 0 Å². The maximum atomic E-state index is 9.55.